The summed E-state index contributed by atoms with van der Waals surface area (Å²) >= 11 is 0. The van der Waals surface area contributed by atoms with Crippen molar-refractivity contribution in [2.75, 3.05) is 19.7 Å². The lowest BCUT2D eigenvalue weighted by Gasteiger charge is -2.35. The maximum atomic E-state index is 9.28. The molecule has 118 valence electrons. The van der Waals surface area contributed by atoms with Gasteiger partial charge in [-0.3, -0.25) is 4.99 Å². The van der Waals surface area contributed by atoms with Gasteiger partial charge in [0.2, 0.25) is 0 Å². The Kier molecular flexibility index (Phi) is 8.67. The van der Waals surface area contributed by atoms with Gasteiger partial charge in [0.15, 0.2) is 5.96 Å². The van der Waals surface area contributed by atoms with Crippen LogP contribution in [0.3, 0.4) is 0 Å². The molecule has 4 nitrogen and oxygen atoms in total. The van der Waals surface area contributed by atoms with Crippen LogP contribution in [0.25, 0.3) is 0 Å². The van der Waals surface area contributed by atoms with Crippen molar-refractivity contribution < 1.29 is 5.11 Å². The van der Waals surface area contributed by atoms with E-state index in [4.69, 9.17) is 5.73 Å². The quantitative estimate of drug-likeness (QED) is 0.346. The van der Waals surface area contributed by atoms with E-state index in [1.54, 1.807) is 0 Å². The van der Waals surface area contributed by atoms with Crippen molar-refractivity contribution in [2.24, 2.45) is 16.1 Å². The van der Waals surface area contributed by atoms with E-state index in [0.29, 0.717) is 5.96 Å². The van der Waals surface area contributed by atoms with Crippen molar-refractivity contribution in [2.45, 2.75) is 71.1 Å². The molecular weight excluding hydrogens is 250 g/mol. The van der Waals surface area contributed by atoms with Crippen LogP contribution in [0.15, 0.2) is 4.99 Å². The first-order chi connectivity index (χ1) is 9.72. The second-order valence-electron chi connectivity index (χ2n) is 6.22. The highest BCUT2D eigenvalue weighted by Crippen LogP contribution is 2.39. The van der Waals surface area contributed by atoms with Gasteiger partial charge < -0.3 is 16.2 Å². The van der Waals surface area contributed by atoms with Crippen LogP contribution in [0.1, 0.15) is 71.1 Å². The van der Waals surface area contributed by atoms with E-state index in [1.807, 2.05) is 0 Å². The Labute approximate surface area is 124 Å². The van der Waals surface area contributed by atoms with Crippen molar-refractivity contribution in [1.82, 2.24) is 5.32 Å². The molecule has 0 radical (unpaired) electrons. The second-order valence-corrected chi connectivity index (χ2v) is 6.22. The minimum absolute atomic E-state index is 0.196. The van der Waals surface area contributed by atoms with E-state index in [9.17, 15) is 5.11 Å². The summed E-state index contributed by atoms with van der Waals surface area (Å²) in [4.78, 5) is 4.53. The monoisotopic (exact) mass is 283 g/mol. The smallest absolute Gasteiger partial charge is 0.188 e. The molecule has 1 rings (SSSR count). The third-order valence-corrected chi connectivity index (χ3v) is 4.48. The van der Waals surface area contributed by atoms with Gasteiger partial charge in [0.25, 0.3) is 0 Å². The van der Waals surface area contributed by atoms with Crippen molar-refractivity contribution in [3.05, 3.63) is 0 Å². The summed E-state index contributed by atoms with van der Waals surface area (Å²) in [7, 11) is 0. The highest BCUT2D eigenvalue weighted by Gasteiger charge is 2.31. The number of aliphatic hydroxyl groups is 1. The van der Waals surface area contributed by atoms with Crippen LogP contribution in [0.2, 0.25) is 0 Å². The van der Waals surface area contributed by atoms with Gasteiger partial charge in [0, 0.05) is 19.7 Å². The number of rotatable bonds is 9. The Bertz CT molecular complexity index is 267. The number of nitrogens with one attached hydrogen (secondary N) is 1. The summed E-state index contributed by atoms with van der Waals surface area (Å²) in [6.07, 6.45) is 12.0. The van der Waals surface area contributed by atoms with Gasteiger partial charge in [-0.25, -0.2) is 0 Å². The molecule has 1 aliphatic rings. The van der Waals surface area contributed by atoms with Gasteiger partial charge >= 0.3 is 0 Å². The lowest BCUT2D eigenvalue weighted by Crippen LogP contribution is -2.35. The van der Waals surface area contributed by atoms with Crippen molar-refractivity contribution >= 4 is 5.96 Å². The zero-order valence-corrected chi connectivity index (χ0v) is 13.2. The lowest BCUT2D eigenvalue weighted by atomic mass is 9.72. The van der Waals surface area contributed by atoms with Gasteiger partial charge in [0.05, 0.1) is 0 Å². The third-order valence-electron chi connectivity index (χ3n) is 4.48. The first kappa shape index (κ1) is 17.3. The molecular formula is C16H33N3O. The fraction of sp³-hybridized carbons (Fsp3) is 0.938. The molecule has 0 aromatic carbocycles. The van der Waals surface area contributed by atoms with Crippen LogP contribution < -0.4 is 11.1 Å². The molecule has 0 unspecified atom stereocenters. The lowest BCUT2D eigenvalue weighted by molar-refractivity contribution is 0.137. The molecule has 1 fully saturated rings. The molecule has 0 saturated heterocycles. The van der Waals surface area contributed by atoms with Gasteiger partial charge in [0.1, 0.15) is 0 Å². The normalized spacial score (nSPS) is 19.0. The van der Waals surface area contributed by atoms with E-state index in [0.717, 1.165) is 25.9 Å². The molecule has 0 amide bonds. The first-order valence-electron chi connectivity index (χ1n) is 8.37. The summed E-state index contributed by atoms with van der Waals surface area (Å²) < 4.78 is 0. The molecule has 0 aromatic rings. The summed E-state index contributed by atoms with van der Waals surface area (Å²) in [5, 5.41) is 12.5. The van der Waals surface area contributed by atoms with E-state index >= 15 is 0 Å². The first-order valence-corrected chi connectivity index (χ1v) is 8.37. The van der Waals surface area contributed by atoms with Crippen molar-refractivity contribution in [3.63, 3.8) is 0 Å². The van der Waals surface area contributed by atoms with Crippen LogP contribution in [0.4, 0.5) is 0 Å². The number of aliphatic hydroxyl groups excluding tert-OH is 1. The van der Waals surface area contributed by atoms with E-state index in [-0.39, 0.29) is 12.0 Å². The molecule has 0 atom stereocenters. The standard InChI is InChI=1S/C16H33N3O/c1-2-3-4-8-12-18-15(17)19-14-16(11-13-20)9-6-5-7-10-16/h20H,2-14H2,1H3,(H3,17,18,19). The average molecular weight is 283 g/mol. The molecule has 20 heavy (non-hydrogen) atoms. The number of unbranched alkanes of at least 4 members (excludes halogenated alkanes) is 3. The number of guanidine groups is 1. The highest BCUT2D eigenvalue weighted by atomic mass is 16.3. The van der Waals surface area contributed by atoms with Crippen molar-refractivity contribution in [1.29, 1.82) is 0 Å². The molecule has 0 bridgehead atoms. The van der Waals surface area contributed by atoms with Crippen molar-refractivity contribution in [3.8, 4) is 0 Å². The minimum atomic E-state index is 0.196. The number of nitrogens with zero attached hydrogens (tertiary/aromatic N) is 1. The number of hydrogen-bond acceptors (Lipinski definition) is 2. The summed E-state index contributed by atoms with van der Waals surface area (Å²) in [6.45, 7) is 4.16. The Morgan fingerprint density at radius 1 is 1.20 bits per heavy atom. The maximum Gasteiger partial charge on any atom is 0.188 e. The highest BCUT2D eigenvalue weighted by molar-refractivity contribution is 5.77. The maximum absolute atomic E-state index is 9.28. The summed E-state index contributed by atoms with van der Waals surface area (Å²) in [5.41, 5.74) is 6.13. The average Bonchev–Trinajstić information content (AvgIpc) is 2.46. The van der Waals surface area contributed by atoms with Gasteiger partial charge in [-0.1, -0.05) is 45.4 Å². The predicted octanol–water partition coefficient (Wildman–Crippen LogP) is 2.80. The SMILES string of the molecule is CCCCCCNC(N)=NCC1(CCO)CCCCC1. The zero-order chi connectivity index (χ0) is 14.7. The molecule has 1 aliphatic carbocycles. The Morgan fingerprint density at radius 2 is 1.95 bits per heavy atom. The Balaban J connectivity index is 2.30. The van der Waals surface area contributed by atoms with Crippen LogP contribution in [-0.2, 0) is 0 Å². The molecule has 0 spiro atoms. The van der Waals surface area contributed by atoms with E-state index in [1.165, 1.54) is 51.4 Å². The molecule has 1 saturated carbocycles. The van der Waals surface area contributed by atoms with Gasteiger partial charge in [-0.05, 0) is 31.1 Å². The fourth-order valence-electron chi connectivity index (χ4n) is 3.10. The fourth-order valence-corrected chi connectivity index (χ4v) is 3.10. The second kappa shape index (κ2) is 10.0. The molecule has 4 heteroatoms. The largest absolute Gasteiger partial charge is 0.396 e. The Hall–Kier alpha value is -0.770. The number of nitrogens with two attached hydrogens (primary N) is 1. The number of aliphatic imine (C=N–C) groups is 1. The third kappa shape index (κ3) is 6.60. The number of hydrogen-bond donors (Lipinski definition) is 3. The molecule has 0 aromatic heterocycles. The minimum Gasteiger partial charge on any atom is -0.396 e. The van der Waals surface area contributed by atoms with Crippen LogP contribution in [0, 0.1) is 5.41 Å². The molecule has 4 N–H and O–H groups in total. The summed E-state index contributed by atoms with van der Waals surface area (Å²) in [5.74, 6) is 0.574. The molecule has 0 aliphatic heterocycles. The predicted molar refractivity (Wildman–Crippen MR) is 85.9 cm³/mol. The van der Waals surface area contributed by atoms with Gasteiger partial charge in [-0.15, -0.1) is 0 Å². The van der Waals surface area contributed by atoms with Crippen LogP contribution in [0.5, 0.6) is 0 Å². The van der Waals surface area contributed by atoms with E-state index in [2.05, 4.69) is 17.2 Å². The molecule has 0 heterocycles. The Morgan fingerprint density at radius 3 is 2.60 bits per heavy atom. The van der Waals surface area contributed by atoms with Crippen LogP contribution in [-0.4, -0.2) is 30.8 Å². The van der Waals surface area contributed by atoms with Crippen LogP contribution >= 0.6 is 0 Å². The topological polar surface area (TPSA) is 70.6 Å². The zero-order valence-electron chi connectivity index (χ0n) is 13.2. The van der Waals surface area contributed by atoms with Gasteiger partial charge in [-0.2, -0.15) is 0 Å². The van der Waals surface area contributed by atoms with E-state index < -0.39 is 0 Å². The summed E-state index contributed by atoms with van der Waals surface area (Å²) in [6, 6.07) is 0.